The molecule has 6 heteroatoms. The van der Waals surface area contributed by atoms with E-state index in [9.17, 15) is 4.79 Å². The highest BCUT2D eigenvalue weighted by molar-refractivity contribution is 5.95. The van der Waals surface area contributed by atoms with E-state index in [1.165, 1.54) is 5.56 Å². The van der Waals surface area contributed by atoms with Gasteiger partial charge in [-0.1, -0.05) is 60.7 Å². The minimum atomic E-state index is -0.0515. The van der Waals surface area contributed by atoms with Crippen LogP contribution in [0.1, 0.15) is 24.5 Å². The lowest BCUT2D eigenvalue weighted by atomic mass is 10.0. The quantitative estimate of drug-likeness (QED) is 0.440. The molecule has 1 fully saturated rings. The molecule has 4 aromatic rings. The van der Waals surface area contributed by atoms with Crippen molar-refractivity contribution in [2.24, 2.45) is 0 Å². The van der Waals surface area contributed by atoms with E-state index in [-0.39, 0.29) is 17.8 Å². The number of ether oxygens (including phenoxy) is 1. The predicted molar refractivity (Wildman–Crippen MR) is 139 cm³/mol. The molecule has 0 bridgehead atoms. The van der Waals surface area contributed by atoms with Gasteiger partial charge < -0.3 is 15.0 Å². The number of nitrogens with zero attached hydrogens (tertiary/aromatic N) is 3. The third kappa shape index (κ3) is 4.17. The Labute approximate surface area is 199 Å². The second-order valence-corrected chi connectivity index (χ2v) is 8.99. The fourth-order valence-corrected chi connectivity index (χ4v) is 4.79. The van der Waals surface area contributed by atoms with Crippen LogP contribution in [0.3, 0.4) is 0 Å². The van der Waals surface area contributed by atoms with Crippen molar-refractivity contribution < 1.29 is 4.74 Å². The Bertz CT molecular complexity index is 1350. The predicted octanol–water partition coefficient (Wildman–Crippen LogP) is 5.09. The molecule has 1 saturated heterocycles. The summed E-state index contributed by atoms with van der Waals surface area (Å²) in [6.07, 6.45) is 1.88. The summed E-state index contributed by atoms with van der Waals surface area (Å²) in [6, 6.07) is 24.5. The van der Waals surface area contributed by atoms with E-state index in [2.05, 4.69) is 35.6 Å². The van der Waals surface area contributed by atoms with Crippen LogP contribution in [0.15, 0.2) is 77.6 Å². The second-order valence-electron chi connectivity index (χ2n) is 8.99. The normalized spacial score (nSPS) is 17.7. The molecule has 34 heavy (non-hydrogen) atoms. The number of hydrogen-bond acceptors (Lipinski definition) is 5. The summed E-state index contributed by atoms with van der Waals surface area (Å²) in [7, 11) is 5.73. The van der Waals surface area contributed by atoms with Gasteiger partial charge in [0.05, 0.1) is 35.3 Å². The third-order valence-corrected chi connectivity index (χ3v) is 6.52. The molecule has 2 heterocycles. The number of anilines is 2. The van der Waals surface area contributed by atoms with Gasteiger partial charge in [0, 0.05) is 21.1 Å². The van der Waals surface area contributed by atoms with Crippen molar-refractivity contribution in [2.75, 3.05) is 31.4 Å². The van der Waals surface area contributed by atoms with Crippen LogP contribution >= 0.6 is 0 Å². The molecule has 2 atom stereocenters. The van der Waals surface area contributed by atoms with E-state index in [0.29, 0.717) is 23.4 Å². The molecular weight excluding hydrogens is 424 g/mol. The molecule has 1 aliphatic rings. The molecule has 1 N–H and O–H groups in total. The molecule has 0 saturated carbocycles. The Morgan fingerprint density at radius 2 is 1.71 bits per heavy atom. The van der Waals surface area contributed by atoms with Crippen LogP contribution in [0.4, 0.5) is 11.6 Å². The van der Waals surface area contributed by atoms with E-state index in [4.69, 9.17) is 9.72 Å². The van der Waals surface area contributed by atoms with Gasteiger partial charge >= 0.3 is 0 Å². The first kappa shape index (κ1) is 22.2. The Kier molecular flexibility index (Phi) is 6.07. The van der Waals surface area contributed by atoms with E-state index in [1.54, 1.807) is 11.6 Å². The van der Waals surface area contributed by atoms with Crippen molar-refractivity contribution in [2.45, 2.75) is 31.6 Å². The lowest BCUT2D eigenvalue weighted by molar-refractivity contribution is 0.0348. The fourth-order valence-electron chi connectivity index (χ4n) is 4.79. The summed E-state index contributed by atoms with van der Waals surface area (Å²) >= 11 is 0. The van der Waals surface area contributed by atoms with Crippen molar-refractivity contribution >= 4 is 22.5 Å². The van der Waals surface area contributed by atoms with Crippen LogP contribution < -0.4 is 15.8 Å². The fraction of sp³-hybridized carbons (Fsp3) is 0.286. The summed E-state index contributed by atoms with van der Waals surface area (Å²) in [6.45, 7) is 0.467. The van der Waals surface area contributed by atoms with Crippen molar-refractivity contribution in [1.82, 2.24) is 9.55 Å². The summed E-state index contributed by atoms with van der Waals surface area (Å²) < 4.78 is 8.08. The molecule has 3 aromatic carbocycles. The van der Waals surface area contributed by atoms with E-state index >= 15 is 0 Å². The lowest BCUT2D eigenvalue weighted by Crippen LogP contribution is -2.30. The molecule has 1 aromatic heterocycles. The van der Waals surface area contributed by atoms with Crippen LogP contribution in [-0.2, 0) is 11.3 Å². The Balaban J connectivity index is 1.55. The van der Waals surface area contributed by atoms with Crippen LogP contribution in [0.25, 0.3) is 22.0 Å². The van der Waals surface area contributed by atoms with Crippen LogP contribution in [0.2, 0.25) is 0 Å². The van der Waals surface area contributed by atoms with Gasteiger partial charge in [-0.15, -0.1) is 0 Å². The van der Waals surface area contributed by atoms with E-state index in [0.717, 1.165) is 29.7 Å². The largest absolute Gasteiger partial charge is 0.377 e. The summed E-state index contributed by atoms with van der Waals surface area (Å²) in [5, 5.41) is 3.76. The zero-order chi connectivity index (χ0) is 23.7. The topological polar surface area (TPSA) is 59.4 Å². The molecule has 174 valence electrons. The Morgan fingerprint density at radius 3 is 2.38 bits per heavy atom. The smallest absolute Gasteiger partial charge is 0.264 e. The summed E-state index contributed by atoms with van der Waals surface area (Å²) in [5.74, 6) is 0.555. The minimum absolute atomic E-state index is 0.0411. The maximum atomic E-state index is 13.8. The number of hydrogen-bond donors (Lipinski definition) is 1. The van der Waals surface area contributed by atoms with Crippen molar-refractivity contribution in [1.29, 1.82) is 0 Å². The van der Waals surface area contributed by atoms with Crippen LogP contribution in [0, 0.1) is 0 Å². The van der Waals surface area contributed by atoms with Gasteiger partial charge in [-0.25, -0.2) is 4.98 Å². The zero-order valence-electron chi connectivity index (χ0n) is 19.9. The Hall–Kier alpha value is -3.64. The minimum Gasteiger partial charge on any atom is -0.377 e. The van der Waals surface area contributed by atoms with Gasteiger partial charge in [0.25, 0.3) is 5.56 Å². The van der Waals surface area contributed by atoms with Crippen LogP contribution in [0.5, 0.6) is 0 Å². The Morgan fingerprint density at radius 1 is 1.00 bits per heavy atom. The van der Waals surface area contributed by atoms with Gasteiger partial charge in [-0.2, -0.15) is 0 Å². The van der Waals surface area contributed by atoms with Crippen molar-refractivity contribution in [3.63, 3.8) is 0 Å². The van der Waals surface area contributed by atoms with E-state index in [1.807, 2.05) is 61.5 Å². The van der Waals surface area contributed by atoms with Crippen molar-refractivity contribution in [3.05, 3.63) is 88.7 Å². The summed E-state index contributed by atoms with van der Waals surface area (Å²) in [5.41, 5.74) is 4.81. The number of benzene rings is 3. The van der Waals surface area contributed by atoms with Crippen molar-refractivity contribution in [3.8, 4) is 11.1 Å². The highest BCUT2D eigenvalue weighted by Crippen LogP contribution is 2.34. The number of fused-ring (bicyclic) bond motifs is 1. The van der Waals surface area contributed by atoms with E-state index < -0.39 is 0 Å². The van der Waals surface area contributed by atoms with Gasteiger partial charge in [-0.3, -0.25) is 9.36 Å². The molecular formula is C28H30N4O2. The molecule has 0 radical (unpaired) electrons. The SMILES string of the molecule is CNc1nc2cc(-c3ccccc3)cc(N(C)C)c2c(=O)n1CC1CCC(c2ccccc2)O1. The first-order valence-electron chi connectivity index (χ1n) is 11.7. The molecule has 0 spiro atoms. The monoisotopic (exact) mass is 454 g/mol. The van der Waals surface area contributed by atoms with Crippen LogP contribution in [-0.4, -0.2) is 36.8 Å². The van der Waals surface area contributed by atoms with Gasteiger partial charge in [-0.05, 0) is 41.7 Å². The molecule has 1 aliphatic heterocycles. The second kappa shape index (κ2) is 9.31. The standard InChI is InChI=1S/C28H30N4O2/c1-29-28-30-23-16-21(19-10-6-4-7-11-19)17-24(31(2)3)26(23)27(33)32(28)18-22-14-15-25(34-22)20-12-8-5-9-13-20/h4-13,16-17,22,25H,14-15,18H2,1-3H3,(H,29,30). The summed E-state index contributed by atoms with van der Waals surface area (Å²) in [4.78, 5) is 20.7. The molecule has 0 aliphatic carbocycles. The first-order chi connectivity index (χ1) is 16.5. The van der Waals surface area contributed by atoms with Gasteiger partial charge in [0.15, 0.2) is 0 Å². The molecule has 6 nitrogen and oxygen atoms in total. The number of aromatic nitrogens is 2. The maximum Gasteiger partial charge on any atom is 0.264 e. The van der Waals surface area contributed by atoms with Gasteiger partial charge in [0.1, 0.15) is 0 Å². The average molecular weight is 455 g/mol. The number of nitrogens with one attached hydrogen (secondary N) is 1. The average Bonchev–Trinajstić information content (AvgIpc) is 3.34. The molecule has 5 rings (SSSR count). The third-order valence-electron chi connectivity index (χ3n) is 6.52. The molecule has 0 amide bonds. The zero-order valence-corrected chi connectivity index (χ0v) is 19.9. The number of rotatable bonds is 6. The maximum absolute atomic E-state index is 13.8. The first-order valence-corrected chi connectivity index (χ1v) is 11.7. The highest BCUT2D eigenvalue weighted by Gasteiger charge is 2.28. The highest BCUT2D eigenvalue weighted by atomic mass is 16.5. The van der Waals surface area contributed by atoms with Gasteiger partial charge in [0.2, 0.25) is 5.95 Å². The molecule has 2 unspecified atom stereocenters. The lowest BCUT2D eigenvalue weighted by Gasteiger charge is -2.21.